The molecule has 0 aliphatic carbocycles. The Labute approximate surface area is 183 Å². The largest absolute Gasteiger partial charge is 0.282 e. The molecule has 4 rings (SSSR count). The molecule has 0 fully saturated rings. The summed E-state index contributed by atoms with van der Waals surface area (Å²) in [5.74, 6) is -0.197. The van der Waals surface area contributed by atoms with E-state index >= 15 is 0 Å². The molecule has 8 heteroatoms. The standard InChI is InChI=1S/C23H20N4O3S/c1-15(2)17-9-5-11-20-21(17)25-23(31-20)26(14-16-7-6-12-24-13-16)22(28)18-8-3-4-10-19(18)27(29)30/h3-13,15H,14H2,1-2H3. The van der Waals surface area contributed by atoms with E-state index < -0.39 is 10.8 Å². The smallest absolute Gasteiger partial charge is 0.279 e. The van der Waals surface area contributed by atoms with Crippen LogP contribution in [-0.4, -0.2) is 20.8 Å². The molecular formula is C23H20N4O3S. The summed E-state index contributed by atoms with van der Waals surface area (Å²) in [7, 11) is 0. The van der Waals surface area contributed by atoms with Crippen molar-refractivity contribution in [2.45, 2.75) is 26.3 Å². The Balaban J connectivity index is 1.84. The van der Waals surface area contributed by atoms with Crippen LogP contribution in [0.5, 0.6) is 0 Å². The molecule has 7 nitrogen and oxygen atoms in total. The average molecular weight is 433 g/mol. The zero-order chi connectivity index (χ0) is 22.0. The molecule has 0 aliphatic heterocycles. The summed E-state index contributed by atoms with van der Waals surface area (Å²) in [6.07, 6.45) is 3.33. The number of hydrogen-bond donors (Lipinski definition) is 0. The van der Waals surface area contributed by atoms with Crippen LogP contribution in [0.25, 0.3) is 10.2 Å². The second-order valence-corrected chi connectivity index (χ2v) is 8.38. The third-order valence-electron chi connectivity index (χ3n) is 4.93. The minimum atomic E-state index is -0.537. The van der Waals surface area contributed by atoms with Gasteiger partial charge in [-0.3, -0.25) is 24.8 Å². The fourth-order valence-corrected chi connectivity index (χ4v) is 4.40. The molecule has 0 N–H and O–H groups in total. The monoisotopic (exact) mass is 432 g/mol. The molecule has 0 atom stereocenters. The number of aromatic nitrogens is 2. The molecule has 31 heavy (non-hydrogen) atoms. The van der Waals surface area contributed by atoms with Gasteiger partial charge in [-0.1, -0.05) is 55.5 Å². The first-order chi connectivity index (χ1) is 15.0. The van der Waals surface area contributed by atoms with E-state index in [0.29, 0.717) is 5.13 Å². The molecule has 156 valence electrons. The van der Waals surface area contributed by atoms with Crippen LogP contribution in [-0.2, 0) is 6.54 Å². The van der Waals surface area contributed by atoms with E-state index in [2.05, 4.69) is 18.8 Å². The zero-order valence-corrected chi connectivity index (χ0v) is 17.9. The summed E-state index contributed by atoms with van der Waals surface area (Å²) in [5.41, 5.74) is 2.55. The zero-order valence-electron chi connectivity index (χ0n) is 17.1. The number of thiazole rings is 1. The Bertz CT molecular complexity index is 1250. The van der Waals surface area contributed by atoms with Crippen molar-refractivity contribution in [3.63, 3.8) is 0 Å². The first-order valence-corrected chi connectivity index (χ1v) is 10.6. The highest BCUT2D eigenvalue weighted by Gasteiger charge is 2.28. The molecule has 0 aliphatic rings. The third-order valence-corrected chi connectivity index (χ3v) is 5.98. The van der Waals surface area contributed by atoms with Gasteiger partial charge in [0, 0.05) is 18.5 Å². The Morgan fingerprint density at radius 1 is 1.13 bits per heavy atom. The van der Waals surface area contributed by atoms with Crippen molar-refractivity contribution in [1.82, 2.24) is 9.97 Å². The molecule has 0 spiro atoms. The predicted octanol–water partition coefficient (Wildman–Crippen LogP) is 5.57. The van der Waals surface area contributed by atoms with Crippen LogP contribution < -0.4 is 4.90 Å². The Morgan fingerprint density at radius 2 is 1.94 bits per heavy atom. The summed E-state index contributed by atoms with van der Waals surface area (Å²) in [4.78, 5) is 34.9. The number of pyridine rings is 1. The van der Waals surface area contributed by atoms with E-state index in [1.807, 2.05) is 24.3 Å². The number of carbonyl (C=O) groups is 1. The normalized spacial score (nSPS) is 11.1. The van der Waals surface area contributed by atoms with E-state index in [-0.39, 0.29) is 23.7 Å². The van der Waals surface area contributed by atoms with Gasteiger partial charge in [-0.25, -0.2) is 4.98 Å². The molecule has 0 unspecified atom stereocenters. The van der Waals surface area contributed by atoms with E-state index in [4.69, 9.17) is 4.98 Å². The van der Waals surface area contributed by atoms with E-state index in [1.54, 1.807) is 30.6 Å². The highest BCUT2D eigenvalue weighted by Crippen LogP contribution is 2.35. The van der Waals surface area contributed by atoms with Gasteiger partial charge in [-0.05, 0) is 35.2 Å². The molecule has 0 saturated heterocycles. The molecule has 2 aromatic carbocycles. The molecule has 4 aromatic rings. The fraction of sp³-hybridized carbons (Fsp3) is 0.174. The van der Waals surface area contributed by atoms with Gasteiger partial charge in [0.15, 0.2) is 5.13 Å². The summed E-state index contributed by atoms with van der Waals surface area (Å²) in [5, 5.41) is 12.0. The fourth-order valence-electron chi connectivity index (χ4n) is 3.40. The Kier molecular flexibility index (Phi) is 5.73. The number of rotatable bonds is 6. The maximum Gasteiger partial charge on any atom is 0.282 e. The molecule has 0 bridgehead atoms. The van der Waals surface area contributed by atoms with Crippen LogP contribution in [0.2, 0.25) is 0 Å². The summed E-state index contributed by atoms with van der Waals surface area (Å²) in [6, 6.07) is 15.6. The van der Waals surface area contributed by atoms with Crippen molar-refractivity contribution in [3.05, 3.63) is 93.8 Å². The van der Waals surface area contributed by atoms with E-state index in [0.717, 1.165) is 21.3 Å². The number of anilines is 1. The SMILES string of the molecule is CC(C)c1cccc2sc(N(Cc3cccnc3)C(=O)c3ccccc3[N+](=O)[O-])nc12. The van der Waals surface area contributed by atoms with Crippen LogP contribution in [0.3, 0.4) is 0 Å². The highest BCUT2D eigenvalue weighted by atomic mass is 32.1. The molecular weight excluding hydrogens is 412 g/mol. The number of para-hydroxylation sites is 2. The van der Waals surface area contributed by atoms with Gasteiger partial charge in [0.2, 0.25) is 0 Å². The topological polar surface area (TPSA) is 89.2 Å². The van der Waals surface area contributed by atoms with Crippen molar-refractivity contribution in [1.29, 1.82) is 0 Å². The van der Waals surface area contributed by atoms with Crippen LogP contribution in [0.1, 0.15) is 41.3 Å². The van der Waals surface area contributed by atoms with Crippen molar-refractivity contribution in [2.75, 3.05) is 4.90 Å². The quantitative estimate of drug-likeness (QED) is 0.293. The predicted molar refractivity (Wildman–Crippen MR) is 122 cm³/mol. The summed E-state index contributed by atoms with van der Waals surface area (Å²) in [6.45, 7) is 4.40. The van der Waals surface area contributed by atoms with Crippen molar-refractivity contribution < 1.29 is 9.72 Å². The van der Waals surface area contributed by atoms with Gasteiger partial charge in [0.05, 0.1) is 21.7 Å². The van der Waals surface area contributed by atoms with Gasteiger partial charge < -0.3 is 0 Å². The number of amides is 1. The number of hydrogen-bond acceptors (Lipinski definition) is 6. The minimum absolute atomic E-state index is 0.0275. The summed E-state index contributed by atoms with van der Waals surface area (Å²) < 4.78 is 0.966. The Morgan fingerprint density at radius 3 is 2.65 bits per heavy atom. The van der Waals surface area contributed by atoms with Crippen LogP contribution in [0.4, 0.5) is 10.8 Å². The van der Waals surface area contributed by atoms with Crippen LogP contribution in [0.15, 0.2) is 67.0 Å². The lowest BCUT2D eigenvalue weighted by Crippen LogP contribution is -2.31. The first-order valence-electron chi connectivity index (χ1n) is 9.79. The third kappa shape index (κ3) is 4.15. The van der Waals surface area contributed by atoms with Crippen molar-refractivity contribution >= 4 is 38.3 Å². The molecule has 1 amide bonds. The molecule has 2 aromatic heterocycles. The maximum absolute atomic E-state index is 13.5. The van der Waals surface area contributed by atoms with Crippen molar-refractivity contribution in [2.24, 2.45) is 0 Å². The number of nitro groups is 1. The van der Waals surface area contributed by atoms with E-state index in [1.165, 1.54) is 28.4 Å². The lowest BCUT2D eigenvalue weighted by atomic mass is 10.0. The van der Waals surface area contributed by atoms with E-state index in [9.17, 15) is 14.9 Å². The second kappa shape index (κ2) is 8.61. The lowest BCUT2D eigenvalue weighted by Gasteiger charge is -2.20. The van der Waals surface area contributed by atoms with Gasteiger partial charge in [-0.15, -0.1) is 0 Å². The number of nitro benzene ring substituents is 1. The molecule has 0 radical (unpaired) electrons. The van der Waals surface area contributed by atoms with Gasteiger partial charge >= 0.3 is 0 Å². The number of benzene rings is 2. The Hall–Kier alpha value is -3.65. The number of fused-ring (bicyclic) bond motifs is 1. The summed E-state index contributed by atoms with van der Waals surface area (Å²) >= 11 is 1.40. The van der Waals surface area contributed by atoms with Crippen LogP contribution >= 0.6 is 11.3 Å². The minimum Gasteiger partial charge on any atom is -0.279 e. The number of carbonyl (C=O) groups excluding carboxylic acids is 1. The van der Waals surface area contributed by atoms with Crippen LogP contribution in [0, 0.1) is 10.1 Å². The second-order valence-electron chi connectivity index (χ2n) is 7.37. The highest BCUT2D eigenvalue weighted by molar-refractivity contribution is 7.22. The average Bonchev–Trinajstić information content (AvgIpc) is 3.21. The van der Waals surface area contributed by atoms with Gasteiger partial charge in [0.25, 0.3) is 11.6 Å². The molecule has 0 saturated carbocycles. The first kappa shape index (κ1) is 20.6. The number of nitrogens with zero attached hydrogens (tertiary/aromatic N) is 4. The lowest BCUT2D eigenvalue weighted by molar-refractivity contribution is -0.385. The van der Waals surface area contributed by atoms with Gasteiger partial charge in [0.1, 0.15) is 5.56 Å². The molecule has 2 heterocycles. The van der Waals surface area contributed by atoms with Gasteiger partial charge in [-0.2, -0.15) is 0 Å². The van der Waals surface area contributed by atoms with Crippen molar-refractivity contribution in [3.8, 4) is 0 Å². The maximum atomic E-state index is 13.5.